The molecule has 4 rings (SSSR count). The second-order valence-corrected chi connectivity index (χ2v) is 14.9. The monoisotopic (exact) mass is 730 g/mol. The molecule has 14 heteroatoms. The molecule has 284 valence electrons. The van der Waals surface area contributed by atoms with E-state index in [0.29, 0.717) is 19.3 Å². The van der Waals surface area contributed by atoms with Gasteiger partial charge in [-0.15, -0.1) is 0 Å². The van der Waals surface area contributed by atoms with E-state index in [4.69, 9.17) is 0 Å². The maximum Gasteiger partial charge on any atom is 0.460 e. The third kappa shape index (κ3) is 7.52. The summed E-state index contributed by atoms with van der Waals surface area (Å²) in [7, 11) is 0. The van der Waals surface area contributed by atoms with Gasteiger partial charge in [0.2, 0.25) is 0 Å². The Kier molecular flexibility index (Phi) is 12.0. The molecule has 0 radical (unpaired) electrons. The summed E-state index contributed by atoms with van der Waals surface area (Å²) in [6, 6.07) is 5.19. The topological polar surface area (TPSA) is 98.0 Å². The van der Waals surface area contributed by atoms with Crippen molar-refractivity contribution in [2.24, 2.45) is 29.1 Å². The second kappa shape index (κ2) is 14.9. The average molecular weight is 731 g/mol. The Balaban J connectivity index is 1.24. The van der Waals surface area contributed by atoms with Crippen molar-refractivity contribution in [3.63, 3.8) is 0 Å². The van der Waals surface area contributed by atoms with Crippen LogP contribution in [-0.4, -0.2) is 56.4 Å². The largest absolute Gasteiger partial charge is 0.508 e. The van der Waals surface area contributed by atoms with Gasteiger partial charge in [-0.05, 0) is 96.4 Å². The summed E-state index contributed by atoms with van der Waals surface area (Å²) in [5.41, 5.74) is 2.42. The quantitative estimate of drug-likeness (QED) is 0.0772. The summed E-state index contributed by atoms with van der Waals surface area (Å²) >= 11 is 0. The van der Waals surface area contributed by atoms with Crippen LogP contribution in [0.3, 0.4) is 0 Å². The number of rotatable bonds is 16. The number of carbonyl (C=O) groups is 1. The van der Waals surface area contributed by atoms with Crippen molar-refractivity contribution in [1.29, 1.82) is 0 Å². The number of aliphatic hydroxyl groups excluding tert-OH is 2. The summed E-state index contributed by atoms with van der Waals surface area (Å²) in [5, 5.41) is 41.8. The van der Waals surface area contributed by atoms with Crippen LogP contribution in [0.2, 0.25) is 0 Å². The molecule has 2 saturated carbocycles. The molecule has 1 aromatic carbocycles. The van der Waals surface area contributed by atoms with E-state index < -0.39 is 60.9 Å². The molecule has 0 bridgehead atoms. The van der Waals surface area contributed by atoms with Crippen molar-refractivity contribution < 1.29 is 64.7 Å². The van der Waals surface area contributed by atoms with Gasteiger partial charge in [-0.1, -0.05) is 64.5 Å². The normalized spacial score (nSPS) is 29.3. The molecule has 50 heavy (non-hydrogen) atoms. The number of aliphatic hydroxyl groups is 2. The third-order valence-electron chi connectivity index (χ3n) is 12.0. The number of carboxylic acids is 1. The Morgan fingerprint density at radius 3 is 2.10 bits per heavy atom. The molecule has 2 unspecified atom stereocenters. The van der Waals surface area contributed by atoms with E-state index in [9.17, 15) is 64.7 Å². The zero-order chi connectivity index (χ0) is 37.4. The third-order valence-corrected chi connectivity index (χ3v) is 12.0. The number of unbranched alkanes of at least 4 members (excludes halogenated alkanes) is 6. The number of aliphatic carboxylic acids is 1. The van der Waals surface area contributed by atoms with Gasteiger partial charge in [-0.3, -0.25) is 4.79 Å². The number of alkyl halides is 9. The molecule has 0 saturated heterocycles. The molecular weight excluding hydrogens is 683 g/mol. The second-order valence-electron chi connectivity index (χ2n) is 14.9. The van der Waals surface area contributed by atoms with Crippen molar-refractivity contribution in [3.8, 4) is 5.75 Å². The van der Waals surface area contributed by atoms with Gasteiger partial charge in [0, 0.05) is 6.42 Å². The van der Waals surface area contributed by atoms with Gasteiger partial charge >= 0.3 is 29.9 Å². The first-order valence-corrected chi connectivity index (χ1v) is 17.4. The van der Waals surface area contributed by atoms with Crippen molar-refractivity contribution in [2.45, 2.75) is 139 Å². The fourth-order valence-corrected chi connectivity index (χ4v) is 8.99. The number of fused-ring (bicyclic) bond motifs is 5. The highest BCUT2D eigenvalue weighted by molar-refractivity contribution is 5.69. The molecule has 3 aliphatic rings. The van der Waals surface area contributed by atoms with Crippen LogP contribution in [0.15, 0.2) is 30.4 Å². The molecular formula is C36H47F9O5. The van der Waals surface area contributed by atoms with Gasteiger partial charge in [0.1, 0.15) is 5.75 Å². The lowest BCUT2D eigenvalue weighted by atomic mass is 9.51. The van der Waals surface area contributed by atoms with Crippen molar-refractivity contribution in [2.75, 3.05) is 0 Å². The van der Waals surface area contributed by atoms with E-state index in [0.717, 1.165) is 61.6 Å². The maximum atomic E-state index is 13.9. The Bertz CT molecular complexity index is 1370. The minimum absolute atomic E-state index is 0.0861. The SMILES string of the molecule is C=C1[C@H](O)C[C@H]2[C@H]3[C@H](CC[C@]12C)c1ccc(O)cc1C(O)[C@H]3CCCCCCCCCC(CCC(F)(F)C(F)(F)C(F)(F)C(F)(F)F)C(=O)O. The number of aromatic hydroxyl groups is 1. The summed E-state index contributed by atoms with van der Waals surface area (Å²) in [6.07, 6.45) is -4.26. The number of benzene rings is 1. The first kappa shape index (κ1) is 40.3. The first-order valence-electron chi connectivity index (χ1n) is 17.4. The number of halogens is 9. The van der Waals surface area contributed by atoms with Crippen LogP contribution < -0.4 is 0 Å². The van der Waals surface area contributed by atoms with Gasteiger partial charge in [0.05, 0.1) is 18.1 Å². The minimum atomic E-state index is -7.00. The van der Waals surface area contributed by atoms with E-state index in [1.54, 1.807) is 12.1 Å². The summed E-state index contributed by atoms with van der Waals surface area (Å²) in [6.45, 7) is 6.38. The van der Waals surface area contributed by atoms with Crippen LogP contribution in [0.4, 0.5) is 39.5 Å². The van der Waals surface area contributed by atoms with E-state index >= 15 is 0 Å². The lowest BCUT2D eigenvalue weighted by Crippen LogP contribution is -2.60. The van der Waals surface area contributed by atoms with E-state index in [-0.39, 0.29) is 47.7 Å². The van der Waals surface area contributed by atoms with Crippen LogP contribution in [0.1, 0.15) is 120 Å². The van der Waals surface area contributed by atoms with Gasteiger partial charge in [0.15, 0.2) is 0 Å². The smallest absolute Gasteiger partial charge is 0.460 e. The van der Waals surface area contributed by atoms with Crippen LogP contribution in [0.25, 0.3) is 0 Å². The van der Waals surface area contributed by atoms with Crippen LogP contribution in [-0.2, 0) is 4.79 Å². The molecule has 2 fully saturated rings. The Morgan fingerprint density at radius 1 is 0.900 bits per heavy atom. The predicted molar refractivity (Wildman–Crippen MR) is 166 cm³/mol. The molecule has 4 N–H and O–H groups in total. The Labute approximate surface area is 286 Å². The summed E-state index contributed by atoms with van der Waals surface area (Å²) < 4.78 is 118. The standard InChI is InChI=1S/C36H47F9O5/c1-20-28(47)19-27-29-24(15-16-32(20,27)2)23-13-12-22(46)18-26(23)30(48)25(29)11-9-7-5-3-4-6-8-10-21(31(49)50)14-17-33(37,38)34(39,40)35(41,42)36(43,44)45/h12-13,18,21,24-25,27-30,46-48H,1,3-11,14-17,19H2,2H3,(H,49,50)/t21?,24-,25+,27+,28-,29+,30?,32-/m1/s1. The molecule has 0 aliphatic heterocycles. The fraction of sp³-hybridized carbons (Fsp3) is 0.750. The molecule has 1 aromatic rings. The summed E-state index contributed by atoms with van der Waals surface area (Å²) in [5.74, 6) is -22.3. The van der Waals surface area contributed by atoms with Crippen molar-refractivity contribution in [1.82, 2.24) is 0 Å². The van der Waals surface area contributed by atoms with Gasteiger partial charge in [-0.2, -0.15) is 39.5 Å². The maximum absolute atomic E-state index is 13.9. The Morgan fingerprint density at radius 2 is 1.50 bits per heavy atom. The molecule has 0 spiro atoms. The molecule has 8 atom stereocenters. The first-order chi connectivity index (χ1) is 23.1. The number of hydrogen-bond acceptors (Lipinski definition) is 4. The van der Waals surface area contributed by atoms with Crippen molar-refractivity contribution >= 4 is 5.97 Å². The van der Waals surface area contributed by atoms with Gasteiger partial charge < -0.3 is 20.4 Å². The zero-order valence-corrected chi connectivity index (χ0v) is 28.0. The number of phenolic OH excluding ortho intramolecular Hbond substituents is 1. The van der Waals surface area contributed by atoms with Crippen LogP contribution in [0.5, 0.6) is 5.75 Å². The summed E-state index contributed by atoms with van der Waals surface area (Å²) in [4.78, 5) is 11.5. The highest BCUT2D eigenvalue weighted by Crippen LogP contribution is 2.65. The number of phenols is 1. The van der Waals surface area contributed by atoms with E-state index in [1.165, 1.54) is 0 Å². The number of carboxylic acid groups (broad SMARTS) is 1. The van der Waals surface area contributed by atoms with Crippen LogP contribution >= 0.6 is 0 Å². The van der Waals surface area contributed by atoms with E-state index in [1.807, 2.05) is 6.07 Å². The molecule has 3 aliphatic carbocycles. The van der Waals surface area contributed by atoms with Gasteiger partial charge in [0.25, 0.3) is 0 Å². The van der Waals surface area contributed by atoms with E-state index in [2.05, 4.69) is 13.5 Å². The lowest BCUT2D eigenvalue weighted by Gasteiger charge is -2.53. The molecule has 0 heterocycles. The predicted octanol–water partition coefficient (Wildman–Crippen LogP) is 9.95. The average Bonchev–Trinajstić information content (AvgIpc) is 3.25. The highest BCUT2D eigenvalue weighted by atomic mass is 19.4. The molecule has 5 nitrogen and oxygen atoms in total. The lowest BCUT2D eigenvalue weighted by molar-refractivity contribution is -0.396. The fourth-order valence-electron chi connectivity index (χ4n) is 8.99. The zero-order valence-electron chi connectivity index (χ0n) is 28.0. The minimum Gasteiger partial charge on any atom is -0.508 e. The van der Waals surface area contributed by atoms with Crippen molar-refractivity contribution in [3.05, 3.63) is 41.5 Å². The highest BCUT2D eigenvalue weighted by Gasteiger charge is 2.81. The van der Waals surface area contributed by atoms with Crippen LogP contribution in [0, 0.1) is 29.1 Å². The van der Waals surface area contributed by atoms with Gasteiger partial charge in [-0.25, -0.2) is 0 Å². The number of hydrogen-bond donors (Lipinski definition) is 4. The molecule has 0 amide bonds. The Hall–Kier alpha value is -2.48. The molecule has 0 aromatic heterocycles.